The highest BCUT2D eigenvalue weighted by Gasteiger charge is 2.32. The van der Waals surface area contributed by atoms with Gasteiger partial charge in [0.15, 0.2) is 0 Å². The van der Waals surface area contributed by atoms with Crippen molar-refractivity contribution in [1.29, 1.82) is 0 Å². The first kappa shape index (κ1) is 13.3. The first-order chi connectivity index (χ1) is 8.60. The molecule has 1 aliphatic heterocycles. The van der Waals surface area contributed by atoms with Crippen molar-refractivity contribution in [3.8, 4) is 5.75 Å². The van der Waals surface area contributed by atoms with Crippen LogP contribution in [-0.4, -0.2) is 19.2 Å². The third kappa shape index (κ3) is 3.22. The molecule has 1 atom stereocenters. The molecular formula is C15H22FNO. The lowest BCUT2D eigenvalue weighted by molar-refractivity contribution is 0.144. The van der Waals surface area contributed by atoms with Crippen molar-refractivity contribution in [2.45, 2.75) is 44.9 Å². The van der Waals surface area contributed by atoms with E-state index < -0.39 is 5.67 Å². The molecule has 1 aromatic rings. The summed E-state index contributed by atoms with van der Waals surface area (Å²) in [5.74, 6) is 0.761. The van der Waals surface area contributed by atoms with Crippen LogP contribution in [0.5, 0.6) is 5.75 Å². The molecule has 1 aromatic carbocycles. The second kappa shape index (κ2) is 5.70. The maximum atomic E-state index is 15.0. The molecule has 1 saturated heterocycles. The van der Waals surface area contributed by atoms with E-state index in [1.54, 1.807) is 0 Å². The van der Waals surface area contributed by atoms with Crippen LogP contribution in [-0.2, 0) is 5.67 Å². The molecule has 2 nitrogen and oxygen atoms in total. The summed E-state index contributed by atoms with van der Waals surface area (Å²) < 4.78 is 20.6. The van der Waals surface area contributed by atoms with Gasteiger partial charge in [0, 0.05) is 0 Å². The second-order valence-corrected chi connectivity index (χ2v) is 5.26. The van der Waals surface area contributed by atoms with E-state index in [-0.39, 0.29) is 6.10 Å². The Kier molecular flexibility index (Phi) is 4.23. The Bertz CT molecular complexity index is 384. The number of hydrogen-bond acceptors (Lipinski definition) is 2. The van der Waals surface area contributed by atoms with Crippen LogP contribution in [0.3, 0.4) is 0 Å². The number of rotatable bonds is 3. The van der Waals surface area contributed by atoms with Gasteiger partial charge in [0.25, 0.3) is 0 Å². The molecule has 0 saturated carbocycles. The predicted octanol–water partition coefficient (Wildman–Crippen LogP) is 3.41. The van der Waals surface area contributed by atoms with Crippen LogP contribution in [0.1, 0.15) is 38.7 Å². The molecule has 2 rings (SSSR count). The summed E-state index contributed by atoms with van der Waals surface area (Å²) in [7, 11) is 0. The molecule has 3 heteroatoms. The Balaban J connectivity index is 2.20. The van der Waals surface area contributed by atoms with E-state index in [0.29, 0.717) is 12.8 Å². The summed E-state index contributed by atoms with van der Waals surface area (Å²) >= 11 is 0. The molecule has 100 valence electrons. The van der Waals surface area contributed by atoms with Gasteiger partial charge in [-0.3, -0.25) is 0 Å². The lowest BCUT2D eigenvalue weighted by Gasteiger charge is -2.24. The van der Waals surface area contributed by atoms with E-state index in [4.69, 9.17) is 4.74 Å². The lowest BCUT2D eigenvalue weighted by Crippen LogP contribution is -2.22. The minimum Gasteiger partial charge on any atom is -0.491 e. The number of hydrogen-bond donors (Lipinski definition) is 1. The number of halogens is 1. The topological polar surface area (TPSA) is 21.3 Å². The first-order valence-electron chi connectivity index (χ1n) is 6.77. The Labute approximate surface area is 109 Å². The van der Waals surface area contributed by atoms with E-state index in [2.05, 4.69) is 5.32 Å². The Morgan fingerprint density at radius 3 is 2.89 bits per heavy atom. The second-order valence-electron chi connectivity index (χ2n) is 5.26. The normalized spacial score (nSPS) is 24.9. The van der Waals surface area contributed by atoms with E-state index >= 15 is 0 Å². The standard InChI is InChI=1S/C15H22FNO/c1-12(2)18-14-6-3-5-13(11-14)15(16)7-4-9-17-10-8-15/h3,5-6,11-12,17H,4,7-10H2,1-2H3. The van der Waals surface area contributed by atoms with Crippen molar-refractivity contribution < 1.29 is 9.13 Å². The Morgan fingerprint density at radius 2 is 2.11 bits per heavy atom. The Hall–Kier alpha value is -1.09. The van der Waals surface area contributed by atoms with Crippen molar-refractivity contribution >= 4 is 0 Å². The van der Waals surface area contributed by atoms with E-state index in [1.165, 1.54) is 0 Å². The fourth-order valence-corrected chi connectivity index (χ4v) is 2.44. The molecule has 0 aromatic heterocycles. The molecule has 0 radical (unpaired) electrons. The largest absolute Gasteiger partial charge is 0.491 e. The zero-order valence-corrected chi connectivity index (χ0v) is 11.2. The lowest BCUT2D eigenvalue weighted by atomic mass is 9.88. The molecule has 18 heavy (non-hydrogen) atoms. The van der Waals surface area contributed by atoms with Crippen molar-refractivity contribution in [1.82, 2.24) is 5.32 Å². The third-order valence-corrected chi connectivity index (χ3v) is 3.35. The monoisotopic (exact) mass is 251 g/mol. The van der Waals surface area contributed by atoms with Gasteiger partial charge in [-0.05, 0) is 63.9 Å². The maximum absolute atomic E-state index is 15.0. The van der Waals surface area contributed by atoms with Gasteiger partial charge in [0.05, 0.1) is 6.10 Å². The van der Waals surface area contributed by atoms with Crippen LogP contribution < -0.4 is 10.1 Å². The van der Waals surface area contributed by atoms with Gasteiger partial charge in [0.2, 0.25) is 0 Å². The van der Waals surface area contributed by atoms with Crippen LogP contribution in [0.4, 0.5) is 4.39 Å². The number of ether oxygens (including phenoxy) is 1. The molecule has 1 fully saturated rings. The highest BCUT2D eigenvalue weighted by molar-refractivity contribution is 5.32. The third-order valence-electron chi connectivity index (χ3n) is 3.35. The minimum absolute atomic E-state index is 0.117. The van der Waals surface area contributed by atoms with Crippen molar-refractivity contribution in [3.63, 3.8) is 0 Å². The summed E-state index contributed by atoms with van der Waals surface area (Å²) in [6.07, 6.45) is 2.13. The molecule has 0 bridgehead atoms. The highest BCUT2D eigenvalue weighted by Crippen LogP contribution is 2.37. The fraction of sp³-hybridized carbons (Fsp3) is 0.600. The molecule has 1 heterocycles. The fourth-order valence-electron chi connectivity index (χ4n) is 2.44. The van der Waals surface area contributed by atoms with Crippen LogP contribution in [0.15, 0.2) is 24.3 Å². The van der Waals surface area contributed by atoms with Gasteiger partial charge in [-0.1, -0.05) is 12.1 Å². The summed E-state index contributed by atoms with van der Waals surface area (Å²) in [5, 5.41) is 3.25. The van der Waals surface area contributed by atoms with Gasteiger partial charge in [-0.25, -0.2) is 4.39 Å². The van der Waals surface area contributed by atoms with E-state index in [9.17, 15) is 4.39 Å². The smallest absolute Gasteiger partial charge is 0.137 e. The average molecular weight is 251 g/mol. The van der Waals surface area contributed by atoms with Gasteiger partial charge >= 0.3 is 0 Å². The van der Waals surface area contributed by atoms with Crippen LogP contribution in [0.25, 0.3) is 0 Å². The maximum Gasteiger partial charge on any atom is 0.137 e. The molecule has 1 aliphatic rings. The van der Waals surface area contributed by atoms with Crippen molar-refractivity contribution in [3.05, 3.63) is 29.8 Å². The van der Waals surface area contributed by atoms with Crippen molar-refractivity contribution in [2.75, 3.05) is 13.1 Å². The van der Waals surface area contributed by atoms with Gasteiger partial charge < -0.3 is 10.1 Å². The van der Waals surface area contributed by atoms with E-state index in [1.807, 2.05) is 38.1 Å². The summed E-state index contributed by atoms with van der Waals surface area (Å²) in [5.41, 5.74) is -0.454. The number of nitrogens with one attached hydrogen (secondary N) is 1. The summed E-state index contributed by atoms with van der Waals surface area (Å²) in [6, 6.07) is 7.50. The molecule has 0 amide bonds. The molecule has 0 spiro atoms. The highest BCUT2D eigenvalue weighted by atomic mass is 19.1. The van der Waals surface area contributed by atoms with Crippen molar-refractivity contribution in [2.24, 2.45) is 0 Å². The first-order valence-corrected chi connectivity index (χ1v) is 6.77. The quantitative estimate of drug-likeness (QED) is 0.889. The summed E-state index contributed by atoms with van der Waals surface area (Å²) in [4.78, 5) is 0. The molecular weight excluding hydrogens is 229 g/mol. The van der Waals surface area contributed by atoms with Crippen LogP contribution in [0.2, 0.25) is 0 Å². The zero-order chi connectivity index (χ0) is 13.0. The van der Waals surface area contributed by atoms with Gasteiger partial charge in [0.1, 0.15) is 11.4 Å². The number of benzene rings is 1. The van der Waals surface area contributed by atoms with Crippen LogP contribution in [0, 0.1) is 0 Å². The zero-order valence-electron chi connectivity index (χ0n) is 11.2. The van der Waals surface area contributed by atoms with Crippen LogP contribution >= 0.6 is 0 Å². The average Bonchev–Trinajstić information content (AvgIpc) is 2.55. The van der Waals surface area contributed by atoms with Gasteiger partial charge in [-0.2, -0.15) is 0 Å². The minimum atomic E-state index is -1.21. The van der Waals surface area contributed by atoms with Gasteiger partial charge in [-0.15, -0.1) is 0 Å². The molecule has 1 N–H and O–H groups in total. The summed E-state index contributed by atoms with van der Waals surface area (Å²) in [6.45, 7) is 5.61. The Morgan fingerprint density at radius 1 is 1.28 bits per heavy atom. The molecule has 0 aliphatic carbocycles. The van der Waals surface area contributed by atoms with E-state index in [0.717, 1.165) is 30.8 Å². The predicted molar refractivity (Wildman–Crippen MR) is 71.7 cm³/mol. The SMILES string of the molecule is CC(C)Oc1cccc(C2(F)CCCNCC2)c1. The molecule has 1 unspecified atom stereocenters. The number of alkyl halides is 1.